The number of benzene rings is 1. The highest BCUT2D eigenvalue weighted by molar-refractivity contribution is 9.10. The molecule has 0 unspecified atom stereocenters. The zero-order valence-electron chi connectivity index (χ0n) is 10.9. The van der Waals surface area contributed by atoms with Crippen LogP contribution in [0.1, 0.15) is 25.7 Å². The molecule has 0 atom stereocenters. The largest absolute Gasteiger partial charge is 0.319 e. The van der Waals surface area contributed by atoms with E-state index in [0.29, 0.717) is 10.5 Å². The molecular formula is C13H16BrN3O3. The maximum atomic E-state index is 11.8. The highest BCUT2D eigenvalue weighted by atomic mass is 79.9. The number of nitrogens with zero attached hydrogens (tertiary/aromatic N) is 1. The molecule has 0 bridgehead atoms. The van der Waals surface area contributed by atoms with Crippen molar-refractivity contribution in [1.29, 1.82) is 0 Å². The third-order valence-electron chi connectivity index (χ3n) is 3.34. The quantitative estimate of drug-likeness (QED) is 0.637. The van der Waals surface area contributed by atoms with Gasteiger partial charge in [0.1, 0.15) is 5.69 Å². The summed E-state index contributed by atoms with van der Waals surface area (Å²) >= 11 is 3.18. The SMILES string of the molecule is O=C(CNC1CCCC1)Nc1ccc(Br)cc1[N+](=O)[O-]. The summed E-state index contributed by atoms with van der Waals surface area (Å²) in [5.41, 5.74) is 0.102. The van der Waals surface area contributed by atoms with Crippen molar-refractivity contribution in [3.63, 3.8) is 0 Å². The van der Waals surface area contributed by atoms with Crippen LogP contribution in [0.5, 0.6) is 0 Å². The summed E-state index contributed by atoms with van der Waals surface area (Å²) in [6, 6.07) is 4.95. The summed E-state index contributed by atoms with van der Waals surface area (Å²) in [5.74, 6) is -0.262. The van der Waals surface area contributed by atoms with Crippen LogP contribution in [-0.2, 0) is 4.79 Å². The lowest BCUT2D eigenvalue weighted by Gasteiger charge is -2.11. The van der Waals surface area contributed by atoms with Crippen LogP contribution in [0.2, 0.25) is 0 Å². The number of amides is 1. The van der Waals surface area contributed by atoms with E-state index in [9.17, 15) is 14.9 Å². The Labute approximate surface area is 125 Å². The Bertz CT molecular complexity index is 516. The molecule has 0 saturated heterocycles. The molecule has 108 valence electrons. The molecule has 1 amide bonds. The Kier molecular flexibility index (Phi) is 5.08. The molecule has 1 aliphatic carbocycles. The minimum Gasteiger partial charge on any atom is -0.319 e. The first-order valence-electron chi connectivity index (χ1n) is 6.53. The molecule has 7 heteroatoms. The van der Waals surface area contributed by atoms with Crippen molar-refractivity contribution in [3.05, 3.63) is 32.8 Å². The highest BCUT2D eigenvalue weighted by Crippen LogP contribution is 2.27. The summed E-state index contributed by atoms with van der Waals surface area (Å²) in [7, 11) is 0. The van der Waals surface area contributed by atoms with Gasteiger partial charge in [0.2, 0.25) is 5.91 Å². The lowest BCUT2D eigenvalue weighted by molar-refractivity contribution is -0.384. The molecule has 0 aromatic heterocycles. The van der Waals surface area contributed by atoms with Crippen molar-refractivity contribution in [2.24, 2.45) is 0 Å². The minimum absolute atomic E-state index is 0.117. The van der Waals surface area contributed by atoms with Gasteiger partial charge in [-0.1, -0.05) is 28.8 Å². The Balaban J connectivity index is 1.94. The van der Waals surface area contributed by atoms with Crippen molar-refractivity contribution in [1.82, 2.24) is 5.32 Å². The van der Waals surface area contributed by atoms with E-state index in [1.54, 1.807) is 6.07 Å². The smallest absolute Gasteiger partial charge is 0.293 e. The molecule has 6 nitrogen and oxygen atoms in total. The third kappa shape index (κ3) is 4.01. The number of nitro groups is 1. The zero-order valence-corrected chi connectivity index (χ0v) is 12.5. The fraction of sp³-hybridized carbons (Fsp3) is 0.462. The van der Waals surface area contributed by atoms with Gasteiger partial charge >= 0.3 is 0 Å². The lowest BCUT2D eigenvalue weighted by Crippen LogP contribution is -2.34. The molecule has 2 N–H and O–H groups in total. The Morgan fingerprint density at radius 3 is 2.75 bits per heavy atom. The number of hydrogen-bond donors (Lipinski definition) is 2. The third-order valence-corrected chi connectivity index (χ3v) is 3.83. The van der Waals surface area contributed by atoms with Gasteiger partial charge in [-0.2, -0.15) is 0 Å². The molecule has 0 radical (unpaired) electrons. The number of carbonyl (C=O) groups excluding carboxylic acids is 1. The predicted molar refractivity (Wildman–Crippen MR) is 79.7 cm³/mol. The van der Waals surface area contributed by atoms with E-state index in [2.05, 4.69) is 26.6 Å². The van der Waals surface area contributed by atoms with Crippen LogP contribution < -0.4 is 10.6 Å². The molecular weight excluding hydrogens is 326 g/mol. The number of halogens is 1. The number of carbonyl (C=O) groups is 1. The second-order valence-electron chi connectivity index (χ2n) is 4.83. The van der Waals surface area contributed by atoms with Crippen molar-refractivity contribution in [3.8, 4) is 0 Å². The topological polar surface area (TPSA) is 84.3 Å². The Morgan fingerprint density at radius 1 is 1.40 bits per heavy atom. The summed E-state index contributed by atoms with van der Waals surface area (Å²) in [6.07, 6.45) is 4.56. The average molecular weight is 342 g/mol. The number of anilines is 1. The maximum Gasteiger partial charge on any atom is 0.293 e. The van der Waals surface area contributed by atoms with Gasteiger partial charge in [-0.25, -0.2) is 0 Å². The van der Waals surface area contributed by atoms with Crippen LogP contribution in [0, 0.1) is 10.1 Å². The molecule has 1 fully saturated rings. The molecule has 1 saturated carbocycles. The van der Waals surface area contributed by atoms with Gasteiger partial charge in [-0.15, -0.1) is 0 Å². The van der Waals surface area contributed by atoms with E-state index in [-0.39, 0.29) is 23.8 Å². The highest BCUT2D eigenvalue weighted by Gasteiger charge is 2.18. The van der Waals surface area contributed by atoms with Crippen LogP contribution in [0.25, 0.3) is 0 Å². The van der Waals surface area contributed by atoms with Gasteiger partial charge in [-0.3, -0.25) is 14.9 Å². The van der Waals surface area contributed by atoms with Crippen molar-refractivity contribution < 1.29 is 9.72 Å². The molecule has 1 aromatic rings. The molecule has 0 heterocycles. The zero-order chi connectivity index (χ0) is 14.5. The van der Waals surface area contributed by atoms with Gasteiger partial charge in [0.05, 0.1) is 11.5 Å². The molecule has 1 aliphatic rings. The van der Waals surface area contributed by atoms with Gasteiger partial charge in [0.25, 0.3) is 5.69 Å². The molecule has 0 aliphatic heterocycles. The lowest BCUT2D eigenvalue weighted by atomic mass is 10.2. The van der Waals surface area contributed by atoms with Crippen molar-refractivity contribution in [2.45, 2.75) is 31.7 Å². The van der Waals surface area contributed by atoms with Crippen LogP contribution in [-0.4, -0.2) is 23.4 Å². The van der Waals surface area contributed by atoms with Gasteiger partial charge < -0.3 is 10.6 Å². The molecule has 1 aromatic carbocycles. The van der Waals surface area contributed by atoms with Crippen LogP contribution in [0.4, 0.5) is 11.4 Å². The van der Waals surface area contributed by atoms with Gasteiger partial charge in [0, 0.05) is 16.6 Å². The van der Waals surface area contributed by atoms with E-state index in [0.717, 1.165) is 12.8 Å². The fourth-order valence-corrected chi connectivity index (χ4v) is 2.67. The predicted octanol–water partition coefficient (Wildman–Crippen LogP) is 2.83. The second kappa shape index (κ2) is 6.81. The van der Waals surface area contributed by atoms with Gasteiger partial charge in [0.15, 0.2) is 0 Å². The average Bonchev–Trinajstić information content (AvgIpc) is 2.91. The van der Waals surface area contributed by atoms with E-state index in [4.69, 9.17) is 0 Å². The van der Waals surface area contributed by atoms with Gasteiger partial charge in [-0.05, 0) is 25.0 Å². The molecule has 0 spiro atoms. The van der Waals surface area contributed by atoms with E-state index >= 15 is 0 Å². The first-order chi connectivity index (χ1) is 9.56. The summed E-state index contributed by atoms with van der Waals surface area (Å²) in [4.78, 5) is 22.3. The summed E-state index contributed by atoms with van der Waals surface area (Å²) in [5, 5.41) is 16.7. The number of hydrogen-bond acceptors (Lipinski definition) is 4. The van der Waals surface area contributed by atoms with E-state index in [1.807, 2.05) is 0 Å². The number of rotatable bonds is 5. The van der Waals surface area contributed by atoms with E-state index < -0.39 is 4.92 Å². The van der Waals surface area contributed by atoms with Crippen LogP contribution in [0.3, 0.4) is 0 Å². The Morgan fingerprint density at radius 2 is 2.10 bits per heavy atom. The Hall–Kier alpha value is -1.47. The molecule has 20 heavy (non-hydrogen) atoms. The first kappa shape index (κ1) is 14.9. The van der Waals surface area contributed by atoms with Crippen molar-refractivity contribution in [2.75, 3.05) is 11.9 Å². The standard InChI is InChI=1S/C13H16BrN3O3/c14-9-5-6-11(12(7-9)17(19)20)16-13(18)8-15-10-3-1-2-4-10/h5-7,10,15H,1-4,8H2,(H,16,18). The summed E-state index contributed by atoms with van der Waals surface area (Å²) < 4.78 is 0.603. The maximum absolute atomic E-state index is 11.8. The number of nitro benzene ring substituents is 1. The van der Waals surface area contributed by atoms with Crippen molar-refractivity contribution >= 4 is 33.2 Å². The van der Waals surface area contributed by atoms with E-state index in [1.165, 1.54) is 25.0 Å². The minimum atomic E-state index is -0.509. The van der Waals surface area contributed by atoms with Crippen LogP contribution >= 0.6 is 15.9 Å². The normalized spacial score (nSPS) is 15.2. The monoisotopic (exact) mass is 341 g/mol. The molecule has 2 rings (SSSR count). The first-order valence-corrected chi connectivity index (χ1v) is 7.33. The summed E-state index contributed by atoms with van der Waals surface area (Å²) in [6.45, 7) is 0.178. The van der Waals surface area contributed by atoms with Crippen LogP contribution in [0.15, 0.2) is 22.7 Å². The fourth-order valence-electron chi connectivity index (χ4n) is 2.32. The number of nitrogens with one attached hydrogen (secondary N) is 2. The second-order valence-corrected chi connectivity index (χ2v) is 5.74.